The Morgan fingerprint density at radius 3 is 2.61 bits per heavy atom. The van der Waals surface area contributed by atoms with Crippen LogP contribution in [0.15, 0.2) is 47.8 Å². The first-order chi connectivity index (χ1) is 15.1. The molecule has 31 heavy (non-hydrogen) atoms. The molecule has 0 spiro atoms. The standard InChI is InChI=1S/C25H27N3O2S/c1-18(29)28-11-7-19-17-20(5-6-22(19)28)24(30)8-10-26-12-14-27(15-13-26)23-3-2-4-25-21(23)9-16-31-25/h2-6,9,16-17H,7-8,10-15H2,1H3. The van der Waals surface area contributed by atoms with Crippen molar-refractivity contribution in [2.75, 3.05) is 49.1 Å². The molecular weight excluding hydrogens is 406 g/mol. The first kappa shape index (κ1) is 20.2. The predicted molar refractivity (Wildman–Crippen MR) is 128 cm³/mol. The highest BCUT2D eigenvalue weighted by molar-refractivity contribution is 7.17. The largest absolute Gasteiger partial charge is 0.368 e. The molecule has 0 atom stereocenters. The van der Waals surface area contributed by atoms with Gasteiger partial charge < -0.3 is 9.80 Å². The third-order valence-corrected chi connectivity index (χ3v) is 7.40. The number of nitrogens with zero attached hydrogens (tertiary/aromatic N) is 3. The van der Waals surface area contributed by atoms with E-state index in [0.717, 1.165) is 56.0 Å². The van der Waals surface area contributed by atoms with Crippen LogP contribution in [0.4, 0.5) is 11.4 Å². The zero-order valence-electron chi connectivity index (χ0n) is 17.8. The molecule has 3 heterocycles. The lowest BCUT2D eigenvalue weighted by molar-refractivity contribution is -0.116. The van der Waals surface area contributed by atoms with Crippen LogP contribution in [0.2, 0.25) is 0 Å². The van der Waals surface area contributed by atoms with Crippen LogP contribution in [0.5, 0.6) is 0 Å². The number of benzene rings is 2. The van der Waals surface area contributed by atoms with Crippen molar-refractivity contribution in [2.24, 2.45) is 0 Å². The van der Waals surface area contributed by atoms with Crippen LogP contribution in [0.1, 0.15) is 29.3 Å². The summed E-state index contributed by atoms with van der Waals surface area (Å²) in [7, 11) is 0. The van der Waals surface area contributed by atoms with E-state index in [1.807, 2.05) is 18.2 Å². The molecular formula is C25H27N3O2S. The molecule has 0 aliphatic carbocycles. The SMILES string of the molecule is CC(=O)N1CCc2cc(C(=O)CCN3CCN(c4cccc5sccc45)CC3)ccc21. The Morgan fingerprint density at radius 2 is 1.81 bits per heavy atom. The maximum atomic E-state index is 12.8. The second kappa shape index (κ2) is 8.44. The minimum absolute atomic E-state index is 0.0622. The van der Waals surface area contributed by atoms with Crippen molar-refractivity contribution < 1.29 is 9.59 Å². The molecule has 1 saturated heterocycles. The Balaban J connectivity index is 1.16. The van der Waals surface area contributed by atoms with Gasteiger partial charge in [-0.2, -0.15) is 0 Å². The number of rotatable bonds is 5. The van der Waals surface area contributed by atoms with Gasteiger partial charge in [0.2, 0.25) is 5.91 Å². The molecule has 0 unspecified atom stereocenters. The second-order valence-corrected chi connectivity index (χ2v) is 9.32. The normalized spacial score (nSPS) is 16.7. The van der Waals surface area contributed by atoms with E-state index in [4.69, 9.17) is 0 Å². The highest BCUT2D eigenvalue weighted by atomic mass is 32.1. The van der Waals surface area contributed by atoms with Crippen LogP contribution in [-0.4, -0.2) is 55.9 Å². The van der Waals surface area contributed by atoms with Gasteiger partial charge in [-0.1, -0.05) is 6.07 Å². The molecule has 6 heteroatoms. The van der Waals surface area contributed by atoms with Gasteiger partial charge in [0, 0.05) is 79.6 Å². The summed E-state index contributed by atoms with van der Waals surface area (Å²) in [6.07, 6.45) is 1.37. The summed E-state index contributed by atoms with van der Waals surface area (Å²) < 4.78 is 1.34. The summed E-state index contributed by atoms with van der Waals surface area (Å²) in [5, 5.41) is 3.50. The lowest BCUT2D eigenvalue weighted by Crippen LogP contribution is -2.47. The van der Waals surface area contributed by atoms with Gasteiger partial charge >= 0.3 is 0 Å². The van der Waals surface area contributed by atoms with E-state index < -0.39 is 0 Å². The third-order valence-electron chi connectivity index (χ3n) is 6.52. The van der Waals surface area contributed by atoms with Gasteiger partial charge in [-0.3, -0.25) is 14.5 Å². The Bertz CT molecular complexity index is 1130. The summed E-state index contributed by atoms with van der Waals surface area (Å²) in [4.78, 5) is 31.2. The number of amides is 1. The van der Waals surface area contributed by atoms with Gasteiger partial charge in [0.15, 0.2) is 5.78 Å². The number of thiophene rings is 1. The molecule has 5 nitrogen and oxygen atoms in total. The van der Waals surface area contributed by atoms with E-state index in [2.05, 4.69) is 39.4 Å². The summed E-state index contributed by atoms with van der Waals surface area (Å²) in [6, 6.07) is 14.6. The van der Waals surface area contributed by atoms with Crippen molar-refractivity contribution >= 4 is 44.5 Å². The third kappa shape index (κ3) is 3.98. The fraction of sp³-hybridized carbons (Fsp3) is 0.360. The van der Waals surface area contributed by atoms with E-state index in [-0.39, 0.29) is 11.7 Å². The number of hydrogen-bond acceptors (Lipinski definition) is 5. The number of hydrogen-bond donors (Lipinski definition) is 0. The van der Waals surface area contributed by atoms with Gasteiger partial charge in [-0.15, -0.1) is 11.3 Å². The van der Waals surface area contributed by atoms with Crippen molar-refractivity contribution in [3.8, 4) is 0 Å². The molecule has 1 fully saturated rings. The predicted octanol–water partition coefficient (Wildman–Crippen LogP) is 4.21. The molecule has 5 rings (SSSR count). The van der Waals surface area contributed by atoms with Crippen molar-refractivity contribution in [3.05, 3.63) is 59.0 Å². The molecule has 0 saturated carbocycles. The first-order valence-electron chi connectivity index (χ1n) is 11.0. The number of anilines is 2. The summed E-state index contributed by atoms with van der Waals surface area (Å²) in [6.45, 7) is 7.04. The topological polar surface area (TPSA) is 43.9 Å². The molecule has 1 amide bonds. The van der Waals surface area contributed by atoms with Gasteiger partial charge in [-0.25, -0.2) is 0 Å². The number of piperazine rings is 1. The van der Waals surface area contributed by atoms with Crippen LogP contribution < -0.4 is 9.80 Å². The first-order valence-corrected chi connectivity index (χ1v) is 11.9. The lowest BCUT2D eigenvalue weighted by atomic mass is 10.0. The molecule has 0 N–H and O–H groups in total. The van der Waals surface area contributed by atoms with Gasteiger partial charge in [-0.05, 0) is 53.8 Å². The Labute approximate surface area is 186 Å². The number of Topliss-reactive ketones (excluding diaryl/α,β-unsaturated/α-hetero) is 1. The zero-order valence-corrected chi connectivity index (χ0v) is 18.7. The van der Waals surface area contributed by atoms with Crippen molar-refractivity contribution in [1.29, 1.82) is 0 Å². The number of carbonyl (C=O) groups excluding carboxylic acids is 2. The molecule has 3 aromatic rings. The summed E-state index contributed by atoms with van der Waals surface area (Å²) in [5.74, 6) is 0.252. The summed E-state index contributed by atoms with van der Waals surface area (Å²) >= 11 is 1.79. The smallest absolute Gasteiger partial charge is 0.223 e. The van der Waals surface area contributed by atoms with E-state index in [9.17, 15) is 9.59 Å². The molecule has 2 aliphatic heterocycles. The molecule has 1 aromatic heterocycles. The van der Waals surface area contributed by atoms with Gasteiger partial charge in [0.1, 0.15) is 0 Å². The average Bonchev–Trinajstić information content (AvgIpc) is 3.44. The highest BCUT2D eigenvalue weighted by Gasteiger charge is 2.24. The number of fused-ring (bicyclic) bond motifs is 2. The van der Waals surface area contributed by atoms with Crippen molar-refractivity contribution in [3.63, 3.8) is 0 Å². The maximum Gasteiger partial charge on any atom is 0.223 e. The monoisotopic (exact) mass is 433 g/mol. The minimum atomic E-state index is 0.0622. The van der Waals surface area contributed by atoms with Crippen LogP contribution in [-0.2, 0) is 11.2 Å². The van der Waals surface area contributed by atoms with E-state index in [1.54, 1.807) is 23.2 Å². The maximum absolute atomic E-state index is 12.8. The molecule has 160 valence electrons. The Kier molecular flexibility index (Phi) is 5.50. The van der Waals surface area contributed by atoms with Crippen molar-refractivity contribution in [1.82, 2.24) is 4.90 Å². The van der Waals surface area contributed by atoms with E-state index in [0.29, 0.717) is 13.0 Å². The fourth-order valence-electron chi connectivity index (χ4n) is 4.77. The number of ketones is 1. The molecule has 0 radical (unpaired) electrons. The zero-order chi connectivity index (χ0) is 21.4. The molecule has 0 bridgehead atoms. The quantitative estimate of drug-likeness (QED) is 0.566. The molecule has 2 aromatic carbocycles. The van der Waals surface area contributed by atoms with Gasteiger partial charge in [0.05, 0.1) is 0 Å². The summed E-state index contributed by atoms with van der Waals surface area (Å²) in [5.41, 5.74) is 4.16. The molecule has 2 aliphatic rings. The van der Waals surface area contributed by atoms with Gasteiger partial charge in [0.25, 0.3) is 0 Å². The Hall–Kier alpha value is -2.70. The Morgan fingerprint density at radius 1 is 0.968 bits per heavy atom. The van der Waals surface area contributed by atoms with E-state index >= 15 is 0 Å². The highest BCUT2D eigenvalue weighted by Crippen LogP contribution is 2.31. The second-order valence-electron chi connectivity index (χ2n) is 8.38. The van der Waals surface area contributed by atoms with Crippen LogP contribution in [0.3, 0.4) is 0 Å². The minimum Gasteiger partial charge on any atom is -0.368 e. The van der Waals surface area contributed by atoms with Crippen LogP contribution in [0.25, 0.3) is 10.1 Å². The fourth-order valence-corrected chi connectivity index (χ4v) is 5.58. The lowest BCUT2D eigenvalue weighted by Gasteiger charge is -2.36. The van der Waals surface area contributed by atoms with Crippen LogP contribution in [0, 0.1) is 0 Å². The van der Waals surface area contributed by atoms with Crippen molar-refractivity contribution in [2.45, 2.75) is 19.8 Å². The van der Waals surface area contributed by atoms with E-state index in [1.165, 1.54) is 15.8 Å². The van der Waals surface area contributed by atoms with Crippen LogP contribution >= 0.6 is 11.3 Å². The average molecular weight is 434 g/mol. The number of carbonyl (C=O) groups is 2.